The number of nitrogens with zero attached hydrogens (tertiary/aromatic N) is 4. The number of pyridine rings is 3. The molecule has 13 heteroatoms. The zero-order chi connectivity index (χ0) is 36.8. The standard InChI is InChI=1S/C41H34N6O7/c48-37-11-10-36(39(49)46-37)47-40(50)31-9-7-26(19-32(31)41(47)51)52-15-1-2-25-5-6-27(21-43-25)53-28-17-29(18-28)54-38-12-4-24(20-44-38)23-3-8-30-33-22-42-14-13-34(33)45-35(30)16-23/h3-9,12-14,16,19-22,28-29,36,45H,1-2,10-11,15,17-18H2,(H,46,48,49). The van der Waals surface area contributed by atoms with E-state index in [-0.39, 0.29) is 36.2 Å². The lowest BCUT2D eigenvalue weighted by Crippen LogP contribution is -2.54. The van der Waals surface area contributed by atoms with Gasteiger partial charge in [-0.3, -0.25) is 39.4 Å². The summed E-state index contributed by atoms with van der Waals surface area (Å²) in [7, 11) is 0. The Morgan fingerprint density at radius 3 is 2.39 bits per heavy atom. The Hall–Kier alpha value is -6.63. The van der Waals surface area contributed by atoms with E-state index in [1.807, 2.05) is 42.7 Å². The van der Waals surface area contributed by atoms with Crippen LogP contribution in [0.4, 0.5) is 0 Å². The highest BCUT2D eigenvalue weighted by molar-refractivity contribution is 6.23. The molecule has 13 nitrogen and oxygen atoms in total. The first kappa shape index (κ1) is 33.2. The molecule has 54 heavy (non-hydrogen) atoms. The number of aryl methyl sites for hydroxylation is 1. The van der Waals surface area contributed by atoms with Crippen LogP contribution in [0, 0.1) is 0 Å². The Bertz CT molecular complexity index is 2440. The summed E-state index contributed by atoms with van der Waals surface area (Å²) in [4.78, 5) is 67.5. The zero-order valence-corrected chi connectivity index (χ0v) is 29.0. The minimum atomic E-state index is -1.01. The maximum atomic E-state index is 13.1. The van der Waals surface area contributed by atoms with Crippen molar-refractivity contribution in [2.75, 3.05) is 6.61 Å². The molecule has 3 aliphatic rings. The van der Waals surface area contributed by atoms with E-state index in [2.05, 4.69) is 43.5 Å². The van der Waals surface area contributed by atoms with Crippen LogP contribution >= 0.6 is 0 Å². The Kier molecular flexibility index (Phi) is 8.45. The topological polar surface area (TPSA) is 166 Å². The molecular weight excluding hydrogens is 688 g/mol. The lowest BCUT2D eigenvalue weighted by molar-refractivity contribution is -0.136. The molecule has 0 spiro atoms. The number of carbonyl (C=O) groups excluding carboxylic acids is 4. The number of benzene rings is 2. The number of fused-ring (bicyclic) bond motifs is 4. The van der Waals surface area contributed by atoms with E-state index in [0.717, 1.165) is 56.4 Å². The van der Waals surface area contributed by atoms with Crippen LogP contribution in [0.25, 0.3) is 32.9 Å². The lowest BCUT2D eigenvalue weighted by atomic mass is 9.92. The number of hydrogen-bond acceptors (Lipinski definition) is 10. The Labute approximate surface area is 308 Å². The predicted octanol–water partition coefficient (Wildman–Crippen LogP) is 5.57. The third kappa shape index (κ3) is 6.37. The maximum absolute atomic E-state index is 13.1. The van der Waals surface area contributed by atoms with Crippen LogP contribution in [0.5, 0.6) is 17.4 Å². The quantitative estimate of drug-likeness (QED) is 0.128. The average Bonchev–Trinajstić information content (AvgIpc) is 3.66. The molecular formula is C41H34N6O7. The van der Waals surface area contributed by atoms with Gasteiger partial charge in [0, 0.05) is 77.0 Å². The molecule has 9 rings (SSSR count). The summed E-state index contributed by atoms with van der Waals surface area (Å²) in [5.41, 5.74) is 5.50. The molecule has 2 N–H and O–H groups in total. The van der Waals surface area contributed by atoms with Crippen molar-refractivity contribution in [2.24, 2.45) is 0 Å². The largest absolute Gasteiger partial charge is 0.494 e. The molecule has 1 atom stereocenters. The smallest absolute Gasteiger partial charge is 0.262 e. The first-order valence-corrected chi connectivity index (χ1v) is 17.9. The van der Waals surface area contributed by atoms with Crippen molar-refractivity contribution >= 4 is 45.4 Å². The van der Waals surface area contributed by atoms with Crippen molar-refractivity contribution in [1.82, 2.24) is 30.2 Å². The van der Waals surface area contributed by atoms with Crippen molar-refractivity contribution in [1.29, 1.82) is 0 Å². The number of piperidine rings is 1. The summed E-state index contributed by atoms with van der Waals surface area (Å²) in [6.07, 6.45) is 10.3. The van der Waals surface area contributed by atoms with Gasteiger partial charge in [-0.15, -0.1) is 0 Å². The summed E-state index contributed by atoms with van der Waals surface area (Å²) in [6, 6.07) is 19.8. The van der Waals surface area contributed by atoms with E-state index in [1.54, 1.807) is 18.5 Å². The SMILES string of the molecule is O=C1CCC(N2C(=O)c3ccc(OCCCc4ccc(OC5CC(Oc6ccc(-c7ccc8c(c7)[nH]c7ccncc78)cn6)C5)cn4)cc3C2=O)C(=O)N1. The van der Waals surface area contributed by atoms with Crippen LogP contribution < -0.4 is 19.5 Å². The van der Waals surface area contributed by atoms with Gasteiger partial charge in [0.1, 0.15) is 29.7 Å². The van der Waals surface area contributed by atoms with Gasteiger partial charge in [-0.1, -0.05) is 12.1 Å². The molecule has 6 heterocycles. The number of H-pyrrole nitrogens is 1. The van der Waals surface area contributed by atoms with Crippen LogP contribution in [-0.2, 0) is 16.0 Å². The fraction of sp³-hybridized carbons (Fsp3) is 0.244. The van der Waals surface area contributed by atoms with E-state index < -0.39 is 29.7 Å². The normalized spacial score (nSPS) is 19.5. The van der Waals surface area contributed by atoms with Crippen LogP contribution in [0.2, 0.25) is 0 Å². The summed E-state index contributed by atoms with van der Waals surface area (Å²) >= 11 is 0. The van der Waals surface area contributed by atoms with Crippen LogP contribution in [0.3, 0.4) is 0 Å². The number of nitrogens with one attached hydrogen (secondary N) is 2. The third-order valence-corrected chi connectivity index (χ3v) is 10.2. The Morgan fingerprint density at radius 2 is 1.57 bits per heavy atom. The predicted molar refractivity (Wildman–Crippen MR) is 196 cm³/mol. The molecule has 1 saturated heterocycles. The van der Waals surface area contributed by atoms with Crippen LogP contribution in [-0.4, -0.2) is 73.3 Å². The molecule has 2 aliphatic heterocycles. The van der Waals surface area contributed by atoms with E-state index in [0.29, 0.717) is 36.8 Å². The Morgan fingerprint density at radius 1 is 0.741 bits per heavy atom. The van der Waals surface area contributed by atoms with Gasteiger partial charge in [0.2, 0.25) is 17.7 Å². The van der Waals surface area contributed by atoms with Gasteiger partial charge >= 0.3 is 0 Å². The molecule has 1 saturated carbocycles. The van der Waals surface area contributed by atoms with Crippen molar-refractivity contribution in [3.05, 3.63) is 108 Å². The van der Waals surface area contributed by atoms with Gasteiger partial charge in [-0.05, 0) is 73.4 Å². The van der Waals surface area contributed by atoms with Crippen LogP contribution in [0.1, 0.15) is 58.5 Å². The molecule has 2 aromatic carbocycles. The van der Waals surface area contributed by atoms with Gasteiger partial charge in [0.15, 0.2) is 0 Å². The highest BCUT2D eigenvalue weighted by Gasteiger charge is 2.44. The van der Waals surface area contributed by atoms with E-state index in [4.69, 9.17) is 14.2 Å². The highest BCUT2D eigenvalue weighted by atomic mass is 16.5. The van der Waals surface area contributed by atoms with E-state index in [9.17, 15) is 19.2 Å². The monoisotopic (exact) mass is 722 g/mol. The number of ether oxygens (including phenoxy) is 3. The molecule has 270 valence electrons. The lowest BCUT2D eigenvalue weighted by Gasteiger charge is -2.34. The third-order valence-electron chi connectivity index (χ3n) is 10.2. The molecule has 0 radical (unpaired) electrons. The fourth-order valence-corrected chi connectivity index (χ4v) is 7.23. The van der Waals surface area contributed by atoms with Crippen molar-refractivity contribution in [3.63, 3.8) is 0 Å². The number of hydrogen-bond donors (Lipinski definition) is 2. The molecule has 2 fully saturated rings. The number of imide groups is 2. The van der Waals surface area contributed by atoms with Gasteiger partial charge in [0.25, 0.3) is 11.8 Å². The second kappa shape index (κ2) is 13.7. The summed E-state index contributed by atoms with van der Waals surface area (Å²) in [6.45, 7) is 0.373. The molecule has 6 aromatic rings. The minimum Gasteiger partial charge on any atom is -0.494 e. The minimum absolute atomic E-state index is 0.0328. The number of amides is 4. The van der Waals surface area contributed by atoms with Crippen molar-refractivity contribution in [3.8, 4) is 28.5 Å². The maximum Gasteiger partial charge on any atom is 0.262 e. The highest BCUT2D eigenvalue weighted by Crippen LogP contribution is 2.33. The van der Waals surface area contributed by atoms with Gasteiger partial charge in [-0.25, -0.2) is 4.98 Å². The Balaban J connectivity index is 0.709. The summed E-state index contributed by atoms with van der Waals surface area (Å²) < 4.78 is 18.1. The second-order valence-corrected chi connectivity index (χ2v) is 13.7. The van der Waals surface area contributed by atoms with Crippen LogP contribution in [0.15, 0.2) is 91.5 Å². The van der Waals surface area contributed by atoms with Gasteiger partial charge < -0.3 is 19.2 Å². The first-order chi connectivity index (χ1) is 26.4. The number of rotatable bonds is 11. The number of aromatic nitrogens is 4. The van der Waals surface area contributed by atoms with Crippen molar-refractivity contribution < 1.29 is 33.4 Å². The molecule has 1 aliphatic carbocycles. The molecule has 0 bridgehead atoms. The van der Waals surface area contributed by atoms with E-state index >= 15 is 0 Å². The number of aromatic amines is 1. The number of carbonyl (C=O) groups is 4. The van der Waals surface area contributed by atoms with Crippen molar-refractivity contribution in [2.45, 2.75) is 56.8 Å². The fourth-order valence-electron chi connectivity index (χ4n) is 7.23. The van der Waals surface area contributed by atoms with E-state index in [1.165, 1.54) is 12.1 Å². The zero-order valence-electron chi connectivity index (χ0n) is 29.0. The molecule has 4 aromatic heterocycles. The van der Waals surface area contributed by atoms with Gasteiger partial charge in [-0.2, -0.15) is 0 Å². The molecule has 4 amide bonds. The second-order valence-electron chi connectivity index (χ2n) is 13.7. The first-order valence-electron chi connectivity index (χ1n) is 17.9. The summed E-state index contributed by atoms with van der Waals surface area (Å²) in [5, 5.41) is 4.45. The summed E-state index contributed by atoms with van der Waals surface area (Å²) in [5.74, 6) is -0.427. The molecule has 1 unspecified atom stereocenters. The van der Waals surface area contributed by atoms with Gasteiger partial charge in [0.05, 0.1) is 23.9 Å². The average molecular weight is 723 g/mol.